The summed E-state index contributed by atoms with van der Waals surface area (Å²) in [6.07, 6.45) is 5.51. The van der Waals surface area contributed by atoms with Gasteiger partial charge < -0.3 is 5.32 Å². The topological polar surface area (TPSA) is 37.8 Å². The second-order valence-corrected chi connectivity index (χ2v) is 6.55. The van der Waals surface area contributed by atoms with Crippen LogP contribution in [0.4, 0.5) is 5.82 Å². The number of hydrogen-bond donors (Lipinski definition) is 1. The van der Waals surface area contributed by atoms with Gasteiger partial charge in [-0.2, -0.15) is 11.8 Å². The van der Waals surface area contributed by atoms with Gasteiger partial charge in [-0.1, -0.05) is 19.8 Å². The lowest BCUT2D eigenvalue weighted by atomic mass is 9.91. The van der Waals surface area contributed by atoms with Gasteiger partial charge in [0.25, 0.3) is 0 Å². The van der Waals surface area contributed by atoms with Gasteiger partial charge in [-0.3, -0.25) is 0 Å². The quantitative estimate of drug-likeness (QED) is 0.902. The van der Waals surface area contributed by atoms with E-state index in [9.17, 15) is 0 Å². The van der Waals surface area contributed by atoms with Crippen LogP contribution in [0.3, 0.4) is 0 Å². The van der Waals surface area contributed by atoms with E-state index in [-0.39, 0.29) is 0 Å². The molecule has 0 radical (unpaired) electrons. The zero-order valence-electron chi connectivity index (χ0n) is 11.6. The van der Waals surface area contributed by atoms with Crippen molar-refractivity contribution >= 4 is 17.6 Å². The summed E-state index contributed by atoms with van der Waals surface area (Å²) < 4.78 is 0. The largest absolute Gasteiger partial charge is 0.373 e. The predicted molar refractivity (Wildman–Crippen MR) is 79.0 cm³/mol. The molecule has 0 amide bonds. The molecule has 1 aliphatic carbocycles. The van der Waals surface area contributed by atoms with Crippen molar-refractivity contribution in [3.8, 4) is 0 Å². The van der Waals surface area contributed by atoms with Crippen LogP contribution >= 0.6 is 11.8 Å². The number of thioether (sulfide) groups is 1. The highest BCUT2D eigenvalue weighted by molar-refractivity contribution is 7.99. The van der Waals surface area contributed by atoms with Gasteiger partial charge in [0.1, 0.15) is 11.6 Å². The van der Waals surface area contributed by atoms with Crippen molar-refractivity contribution in [3.63, 3.8) is 0 Å². The third-order valence-corrected chi connectivity index (χ3v) is 4.82. The van der Waals surface area contributed by atoms with Gasteiger partial charge in [0.2, 0.25) is 0 Å². The molecule has 2 unspecified atom stereocenters. The smallest absolute Gasteiger partial charge is 0.140 e. The highest BCUT2D eigenvalue weighted by Gasteiger charge is 2.19. The van der Waals surface area contributed by atoms with Crippen molar-refractivity contribution in [3.05, 3.63) is 17.6 Å². The van der Waals surface area contributed by atoms with E-state index in [1.807, 2.05) is 31.8 Å². The number of hydrogen-bond acceptors (Lipinski definition) is 4. The summed E-state index contributed by atoms with van der Waals surface area (Å²) in [7, 11) is 1.90. The molecule has 0 aliphatic heterocycles. The Balaban J connectivity index is 1.91. The zero-order chi connectivity index (χ0) is 13.0. The van der Waals surface area contributed by atoms with Crippen LogP contribution in [0.1, 0.15) is 44.1 Å². The maximum atomic E-state index is 4.51. The van der Waals surface area contributed by atoms with Crippen LogP contribution in [0, 0.1) is 12.8 Å². The molecule has 0 aromatic carbocycles. The fourth-order valence-electron chi connectivity index (χ4n) is 2.54. The lowest BCUT2D eigenvalue weighted by molar-refractivity contribution is 0.394. The van der Waals surface area contributed by atoms with Crippen molar-refractivity contribution in [1.29, 1.82) is 0 Å². The van der Waals surface area contributed by atoms with Crippen LogP contribution in [0.5, 0.6) is 0 Å². The second-order valence-electron chi connectivity index (χ2n) is 5.27. The first kappa shape index (κ1) is 13.7. The molecule has 2 rings (SSSR count). The third kappa shape index (κ3) is 3.87. The Kier molecular flexibility index (Phi) is 4.87. The van der Waals surface area contributed by atoms with Gasteiger partial charge >= 0.3 is 0 Å². The Morgan fingerprint density at radius 1 is 1.39 bits per heavy atom. The average molecular weight is 265 g/mol. The molecule has 0 bridgehead atoms. The van der Waals surface area contributed by atoms with Gasteiger partial charge in [0, 0.05) is 24.1 Å². The SMILES string of the molecule is CNc1cc(C)nc(CSC2CCCC(C)C2)n1. The standard InChI is InChI=1S/C14H23N3S/c1-10-5-4-6-12(7-10)18-9-14-16-11(2)8-13(15-3)17-14/h8,10,12H,4-7,9H2,1-3H3,(H,15,16,17). The second kappa shape index (κ2) is 6.41. The molecular formula is C14H23N3S. The van der Waals surface area contributed by atoms with Crippen LogP contribution in [0.25, 0.3) is 0 Å². The maximum Gasteiger partial charge on any atom is 0.140 e. The minimum atomic E-state index is 0.802. The molecule has 1 N–H and O–H groups in total. The number of aromatic nitrogens is 2. The molecule has 0 saturated heterocycles. The first-order valence-corrected chi connectivity index (χ1v) is 7.86. The summed E-state index contributed by atoms with van der Waals surface area (Å²) >= 11 is 2.03. The van der Waals surface area contributed by atoms with Crippen molar-refractivity contribution in [2.24, 2.45) is 5.92 Å². The number of aryl methyl sites for hydroxylation is 1. The molecule has 1 fully saturated rings. The Hall–Kier alpha value is -0.770. The summed E-state index contributed by atoms with van der Waals surface area (Å²) in [6.45, 7) is 4.40. The fraction of sp³-hybridized carbons (Fsp3) is 0.714. The Morgan fingerprint density at radius 2 is 2.22 bits per heavy atom. The summed E-state index contributed by atoms with van der Waals surface area (Å²) in [4.78, 5) is 9.03. The number of anilines is 1. The van der Waals surface area contributed by atoms with Crippen LogP contribution in [0.2, 0.25) is 0 Å². The molecule has 0 spiro atoms. The average Bonchev–Trinajstić information content (AvgIpc) is 2.36. The Bertz CT molecular complexity index is 395. The number of nitrogens with one attached hydrogen (secondary N) is 1. The molecule has 18 heavy (non-hydrogen) atoms. The van der Waals surface area contributed by atoms with E-state index in [0.717, 1.165) is 34.3 Å². The van der Waals surface area contributed by atoms with E-state index in [1.54, 1.807) is 0 Å². The van der Waals surface area contributed by atoms with E-state index in [2.05, 4.69) is 22.2 Å². The van der Waals surface area contributed by atoms with Crippen LogP contribution in [0.15, 0.2) is 6.07 Å². The Labute approximate surface area is 114 Å². The van der Waals surface area contributed by atoms with Crippen molar-refractivity contribution in [1.82, 2.24) is 9.97 Å². The van der Waals surface area contributed by atoms with Crippen molar-refractivity contribution in [2.75, 3.05) is 12.4 Å². The first-order chi connectivity index (χ1) is 8.67. The zero-order valence-corrected chi connectivity index (χ0v) is 12.4. The molecule has 1 aliphatic rings. The highest BCUT2D eigenvalue weighted by Crippen LogP contribution is 2.33. The normalized spacial score (nSPS) is 23.9. The van der Waals surface area contributed by atoms with Gasteiger partial charge in [0.05, 0.1) is 5.75 Å². The van der Waals surface area contributed by atoms with E-state index in [4.69, 9.17) is 0 Å². The van der Waals surface area contributed by atoms with E-state index in [0.29, 0.717) is 0 Å². The van der Waals surface area contributed by atoms with Crippen LogP contribution in [-0.4, -0.2) is 22.3 Å². The molecule has 4 heteroatoms. The molecule has 2 atom stereocenters. The van der Waals surface area contributed by atoms with E-state index in [1.165, 1.54) is 25.7 Å². The molecule has 1 saturated carbocycles. The molecule has 3 nitrogen and oxygen atoms in total. The molecular weight excluding hydrogens is 242 g/mol. The lowest BCUT2D eigenvalue weighted by Gasteiger charge is -2.25. The minimum Gasteiger partial charge on any atom is -0.373 e. The molecule has 1 heterocycles. The molecule has 1 aromatic heterocycles. The van der Waals surface area contributed by atoms with Crippen molar-refractivity contribution < 1.29 is 0 Å². The van der Waals surface area contributed by atoms with Crippen molar-refractivity contribution in [2.45, 2.75) is 50.5 Å². The summed E-state index contributed by atoms with van der Waals surface area (Å²) in [5.74, 6) is 3.72. The van der Waals surface area contributed by atoms with Crippen LogP contribution in [-0.2, 0) is 5.75 Å². The van der Waals surface area contributed by atoms with E-state index >= 15 is 0 Å². The van der Waals surface area contributed by atoms with Gasteiger partial charge in [-0.15, -0.1) is 0 Å². The van der Waals surface area contributed by atoms with Gasteiger partial charge in [0.15, 0.2) is 0 Å². The maximum absolute atomic E-state index is 4.51. The van der Waals surface area contributed by atoms with E-state index < -0.39 is 0 Å². The Morgan fingerprint density at radius 3 is 2.94 bits per heavy atom. The highest BCUT2D eigenvalue weighted by atomic mass is 32.2. The number of rotatable bonds is 4. The summed E-state index contributed by atoms with van der Waals surface area (Å²) in [5, 5.41) is 3.89. The van der Waals surface area contributed by atoms with Gasteiger partial charge in [-0.05, 0) is 25.7 Å². The molecule has 1 aromatic rings. The monoisotopic (exact) mass is 265 g/mol. The summed E-state index contributed by atoms with van der Waals surface area (Å²) in [5.41, 5.74) is 1.04. The first-order valence-electron chi connectivity index (χ1n) is 6.81. The predicted octanol–water partition coefficient (Wildman–Crippen LogP) is 3.64. The fourth-order valence-corrected chi connectivity index (χ4v) is 3.86. The van der Waals surface area contributed by atoms with Gasteiger partial charge in [-0.25, -0.2) is 9.97 Å². The molecule has 100 valence electrons. The summed E-state index contributed by atoms with van der Waals surface area (Å²) in [6, 6.07) is 1.98. The van der Waals surface area contributed by atoms with Crippen LogP contribution < -0.4 is 5.32 Å². The lowest BCUT2D eigenvalue weighted by Crippen LogP contribution is -2.15. The third-order valence-electron chi connectivity index (χ3n) is 3.49. The minimum absolute atomic E-state index is 0.802. The number of nitrogens with zero attached hydrogens (tertiary/aromatic N) is 2.